The summed E-state index contributed by atoms with van der Waals surface area (Å²) in [5.41, 5.74) is 4.03. The number of carbonyl (C=O) groups is 3. The molecule has 3 aromatic carbocycles. The predicted molar refractivity (Wildman–Crippen MR) is 157 cm³/mol. The summed E-state index contributed by atoms with van der Waals surface area (Å²) in [4.78, 5) is 38.9. The first-order valence-corrected chi connectivity index (χ1v) is 14.1. The highest BCUT2D eigenvalue weighted by Crippen LogP contribution is 2.44. The zero-order chi connectivity index (χ0) is 29.9. The topological polar surface area (TPSA) is 114 Å². The molecule has 1 aliphatic heterocycles. The molecule has 42 heavy (non-hydrogen) atoms. The van der Waals surface area contributed by atoms with E-state index in [4.69, 9.17) is 14.2 Å². The number of rotatable bonds is 7. The Labute approximate surface area is 245 Å². The van der Waals surface area contributed by atoms with Crippen molar-refractivity contribution in [2.75, 3.05) is 26.3 Å². The Morgan fingerprint density at radius 3 is 2.24 bits per heavy atom. The lowest BCUT2D eigenvalue weighted by molar-refractivity contribution is 0.0357. The Hall–Kier alpha value is -4.53. The van der Waals surface area contributed by atoms with E-state index in [1.165, 1.54) is 12.1 Å². The minimum absolute atomic E-state index is 0.0514. The summed E-state index contributed by atoms with van der Waals surface area (Å²) in [5, 5.41) is 12.2. The number of aromatic carboxylic acids is 1. The van der Waals surface area contributed by atoms with Crippen LogP contribution in [-0.4, -0.2) is 66.1 Å². The second kappa shape index (κ2) is 12.1. The molecule has 1 saturated heterocycles. The molecule has 9 heteroatoms. The summed E-state index contributed by atoms with van der Waals surface area (Å²) in [6.45, 7) is 6.43. The van der Waals surface area contributed by atoms with Crippen LogP contribution in [-0.2, 0) is 9.47 Å². The van der Waals surface area contributed by atoms with E-state index < -0.39 is 29.8 Å². The first-order valence-electron chi connectivity index (χ1n) is 14.1. The van der Waals surface area contributed by atoms with Gasteiger partial charge >= 0.3 is 18.2 Å². The fourth-order valence-electron chi connectivity index (χ4n) is 5.60. The number of benzene rings is 3. The number of carboxylic acids is 1. The summed E-state index contributed by atoms with van der Waals surface area (Å²) in [5.74, 6) is -0.820. The number of ether oxygens (including phenoxy) is 3. The smallest absolute Gasteiger partial charge is 0.409 e. The molecule has 9 nitrogen and oxygen atoms in total. The molecule has 5 rings (SSSR count). The Kier molecular flexibility index (Phi) is 8.38. The van der Waals surface area contributed by atoms with Crippen LogP contribution in [0.1, 0.15) is 54.6 Å². The van der Waals surface area contributed by atoms with Crippen molar-refractivity contribution in [3.05, 3.63) is 89.5 Å². The number of nitrogens with zero attached hydrogens (tertiary/aromatic N) is 1. The molecule has 3 aromatic rings. The van der Waals surface area contributed by atoms with Gasteiger partial charge in [-0.15, -0.1) is 0 Å². The second-order valence-electron chi connectivity index (χ2n) is 11.7. The average molecular weight is 573 g/mol. The number of nitrogens with one attached hydrogen (secondary N) is 1. The van der Waals surface area contributed by atoms with E-state index >= 15 is 0 Å². The van der Waals surface area contributed by atoms with Crippen LogP contribution < -0.4 is 10.1 Å². The molecule has 2 atom stereocenters. The lowest BCUT2D eigenvalue weighted by Gasteiger charge is -2.38. The van der Waals surface area contributed by atoms with Crippen LogP contribution in [0, 0.1) is 5.92 Å². The first kappa shape index (κ1) is 29.0. The minimum atomic E-state index is -1.04. The Balaban J connectivity index is 1.25. The molecular weight excluding hydrogens is 536 g/mol. The zero-order valence-electron chi connectivity index (χ0n) is 24.0. The minimum Gasteiger partial charge on any atom is -0.493 e. The molecule has 2 N–H and O–H groups in total. The molecule has 0 aromatic heterocycles. The summed E-state index contributed by atoms with van der Waals surface area (Å²) < 4.78 is 17.3. The van der Waals surface area contributed by atoms with E-state index in [1.807, 2.05) is 24.3 Å². The molecule has 1 aliphatic carbocycles. The quantitative estimate of drug-likeness (QED) is 0.361. The highest BCUT2D eigenvalue weighted by Gasteiger charge is 2.36. The van der Waals surface area contributed by atoms with Gasteiger partial charge in [-0.1, -0.05) is 54.6 Å². The number of hydrogen-bond donors (Lipinski definition) is 2. The molecule has 0 radical (unpaired) electrons. The number of carbonyl (C=O) groups excluding carboxylic acids is 2. The molecule has 0 spiro atoms. The van der Waals surface area contributed by atoms with Crippen molar-refractivity contribution in [2.45, 2.75) is 44.8 Å². The number of likely N-dealkylation sites (tertiary alicyclic amines) is 1. The van der Waals surface area contributed by atoms with Crippen molar-refractivity contribution in [1.29, 1.82) is 0 Å². The number of piperidine rings is 1. The average Bonchev–Trinajstić information content (AvgIpc) is 3.28. The number of alkyl carbamates (subject to hydrolysis) is 1. The van der Waals surface area contributed by atoms with Gasteiger partial charge in [0.25, 0.3) is 0 Å². The van der Waals surface area contributed by atoms with Gasteiger partial charge in [-0.25, -0.2) is 14.4 Å². The monoisotopic (exact) mass is 572 g/mol. The molecule has 220 valence electrons. The van der Waals surface area contributed by atoms with Crippen molar-refractivity contribution < 1.29 is 33.7 Å². The summed E-state index contributed by atoms with van der Waals surface area (Å²) in [6.07, 6.45) is -0.482. The number of hydrogen-bond acceptors (Lipinski definition) is 6. The number of fused-ring (bicyclic) bond motifs is 3. The van der Waals surface area contributed by atoms with Crippen LogP contribution in [0.15, 0.2) is 72.8 Å². The molecular formula is C33H36N2O7. The van der Waals surface area contributed by atoms with Crippen molar-refractivity contribution >= 4 is 18.2 Å². The fraction of sp³-hybridized carbons (Fsp3) is 0.364. The second-order valence-corrected chi connectivity index (χ2v) is 11.7. The summed E-state index contributed by atoms with van der Waals surface area (Å²) in [7, 11) is 0. The maximum atomic E-state index is 13.3. The molecule has 2 amide bonds. The van der Waals surface area contributed by atoms with Crippen LogP contribution in [0.2, 0.25) is 0 Å². The van der Waals surface area contributed by atoms with Gasteiger partial charge in [0.2, 0.25) is 0 Å². The van der Waals surface area contributed by atoms with Crippen LogP contribution >= 0.6 is 0 Å². The van der Waals surface area contributed by atoms with Crippen LogP contribution in [0.4, 0.5) is 9.59 Å². The third-order valence-corrected chi connectivity index (χ3v) is 7.60. The largest absolute Gasteiger partial charge is 0.493 e. The van der Waals surface area contributed by atoms with Crippen LogP contribution in [0.5, 0.6) is 5.75 Å². The van der Waals surface area contributed by atoms with E-state index in [1.54, 1.807) is 37.8 Å². The third kappa shape index (κ3) is 6.67. The van der Waals surface area contributed by atoms with Gasteiger partial charge in [-0.05, 0) is 67.6 Å². The van der Waals surface area contributed by atoms with Crippen molar-refractivity contribution in [2.24, 2.45) is 5.92 Å². The van der Waals surface area contributed by atoms with Crippen molar-refractivity contribution in [3.8, 4) is 16.9 Å². The zero-order valence-corrected chi connectivity index (χ0v) is 24.0. The van der Waals surface area contributed by atoms with Gasteiger partial charge in [-0.3, -0.25) is 0 Å². The molecule has 0 unspecified atom stereocenters. The Morgan fingerprint density at radius 2 is 1.60 bits per heavy atom. The lowest BCUT2D eigenvalue weighted by atomic mass is 9.92. The van der Waals surface area contributed by atoms with Crippen molar-refractivity contribution in [1.82, 2.24) is 10.2 Å². The molecule has 2 aliphatic rings. The Morgan fingerprint density at radius 1 is 0.929 bits per heavy atom. The van der Waals surface area contributed by atoms with Gasteiger partial charge in [0, 0.05) is 24.9 Å². The number of amides is 2. The van der Waals surface area contributed by atoms with E-state index in [0.29, 0.717) is 18.7 Å². The maximum Gasteiger partial charge on any atom is 0.409 e. The number of carboxylic acid groups (broad SMARTS) is 1. The van der Waals surface area contributed by atoms with Crippen LogP contribution in [0.25, 0.3) is 11.1 Å². The summed E-state index contributed by atoms with van der Waals surface area (Å²) >= 11 is 0. The van der Waals surface area contributed by atoms with Gasteiger partial charge in [0.15, 0.2) is 0 Å². The Bertz CT molecular complexity index is 1420. The summed E-state index contributed by atoms with van der Waals surface area (Å²) in [6, 6.07) is 22.2. The van der Waals surface area contributed by atoms with E-state index in [2.05, 4.69) is 29.6 Å². The lowest BCUT2D eigenvalue weighted by Crippen LogP contribution is -2.56. The first-order chi connectivity index (χ1) is 20.1. The molecule has 0 bridgehead atoms. The predicted octanol–water partition coefficient (Wildman–Crippen LogP) is 5.93. The van der Waals surface area contributed by atoms with Crippen LogP contribution in [0.3, 0.4) is 0 Å². The van der Waals surface area contributed by atoms with Gasteiger partial charge in [-0.2, -0.15) is 0 Å². The maximum absolute atomic E-state index is 13.3. The highest BCUT2D eigenvalue weighted by molar-refractivity contribution is 5.88. The van der Waals surface area contributed by atoms with Gasteiger partial charge < -0.3 is 29.5 Å². The van der Waals surface area contributed by atoms with Gasteiger partial charge in [0.1, 0.15) is 18.0 Å². The SMILES string of the molecule is CC(C)(C)OC(=O)N[C@@H]1CN(C(=O)OCC2c3ccccc3-c3ccccc32)CC[C@@H]1COc1cccc(C(=O)O)c1. The highest BCUT2D eigenvalue weighted by atomic mass is 16.6. The van der Waals surface area contributed by atoms with E-state index in [0.717, 1.165) is 22.3 Å². The van der Waals surface area contributed by atoms with E-state index in [9.17, 15) is 19.5 Å². The van der Waals surface area contributed by atoms with Gasteiger partial charge in [0.05, 0.1) is 18.2 Å². The third-order valence-electron chi connectivity index (χ3n) is 7.60. The molecule has 1 fully saturated rings. The normalized spacial score (nSPS) is 18.0. The van der Waals surface area contributed by atoms with Crippen molar-refractivity contribution in [3.63, 3.8) is 0 Å². The standard InChI is InChI=1S/C33H36N2O7/c1-33(2,3)42-31(38)34-29-18-35(16-15-22(29)19-40-23-10-8-9-21(17-23)30(36)37)32(39)41-20-28-26-13-6-4-11-24(26)25-12-5-7-14-27(25)28/h4-14,17,22,28-29H,15-16,18-20H2,1-3H3,(H,34,38)(H,36,37)/t22-,29-/m1/s1. The fourth-order valence-corrected chi connectivity index (χ4v) is 5.60. The molecule has 1 heterocycles. The molecule has 0 saturated carbocycles. The van der Waals surface area contributed by atoms with E-state index in [-0.39, 0.29) is 37.2 Å².